The number of hydrogen-bond donors (Lipinski definition) is 1. The Bertz CT molecular complexity index is 1090. The van der Waals surface area contributed by atoms with Crippen LogP contribution in [0.25, 0.3) is 0 Å². The molecule has 2 aromatic rings. The van der Waals surface area contributed by atoms with E-state index in [0.717, 1.165) is 18.4 Å². The van der Waals surface area contributed by atoms with Crippen LogP contribution in [0.5, 0.6) is 0 Å². The van der Waals surface area contributed by atoms with Gasteiger partial charge in [-0.25, -0.2) is 16.8 Å². The normalized spacial score (nSPS) is 17.5. The Hall–Kier alpha value is -2.17. The molecule has 1 aromatic heterocycles. The van der Waals surface area contributed by atoms with E-state index in [4.69, 9.17) is 4.42 Å². The summed E-state index contributed by atoms with van der Waals surface area (Å²) in [6, 6.07) is 11.5. The summed E-state index contributed by atoms with van der Waals surface area (Å²) in [6.45, 7) is 3.93. The summed E-state index contributed by atoms with van der Waals surface area (Å²) in [4.78, 5) is 12.5. The summed E-state index contributed by atoms with van der Waals surface area (Å²) < 4.78 is 57.1. The molecule has 1 N–H and O–H groups in total. The highest BCUT2D eigenvalue weighted by Crippen LogP contribution is 2.24. The average Bonchev–Trinajstić information content (AvgIpc) is 3.40. The third-order valence-electron chi connectivity index (χ3n) is 5.21. The van der Waals surface area contributed by atoms with Crippen molar-refractivity contribution in [2.24, 2.45) is 0 Å². The van der Waals surface area contributed by atoms with Crippen LogP contribution in [0.15, 0.2) is 52.0 Å². The van der Waals surface area contributed by atoms with E-state index in [0.29, 0.717) is 13.1 Å². The van der Waals surface area contributed by atoms with E-state index in [1.54, 1.807) is 6.92 Å². The van der Waals surface area contributed by atoms with Gasteiger partial charge < -0.3 is 9.73 Å². The summed E-state index contributed by atoms with van der Waals surface area (Å²) in [7, 11) is -7.67. The number of nitrogens with one attached hydrogen (secondary N) is 1. The summed E-state index contributed by atoms with van der Waals surface area (Å²) in [5, 5.41) is 1.12. The number of nitrogens with zero attached hydrogens (tertiary/aromatic N) is 1. The fraction of sp³-hybridized carbons (Fsp3) is 0.450. The molecule has 0 radical (unpaired) electrons. The van der Waals surface area contributed by atoms with Crippen molar-refractivity contribution in [3.63, 3.8) is 0 Å². The summed E-state index contributed by atoms with van der Waals surface area (Å²) >= 11 is 0. The number of hydrogen-bond acceptors (Lipinski definition) is 6. The number of amides is 1. The highest BCUT2D eigenvalue weighted by Gasteiger charge is 2.33. The molecule has 0 spiro atoms. The number of benzene rings is 1. The van der Waals surface area contributed by atoms with Crippen LogP contribution in [-0.2, 0) is 30.4 Å². The molecular formula is C20H26N2O6S2. The van der Waals surface area contributed by atoms with Crippen molar-refractivity contribution in [2.75, 3.05) is 13.1 Å². The standard InChI is InChI=1S/C20H26N2O6S2/c1-15(17-8-4-3-5-9-17)21-20(23)16(2)29(24,25)14-18-10-11-19(28-18)30(26,27)22-12-6-7-13-22/h3-5,8-11,15-16H,6-7,12-14H2,1-2H3,(H,21,23)/t15-,16-/m1/s1. The molecule has 30 heavy (non-hydrogen) atoms. The van der Waals surface area contributed by atoms with Crippen LogP contribution in [-0.4, -0.2) is 45.4 Å². The summed E-state index contributed by atoms with van der Waals surface area (Å²) in [6.07, 6.45) is 1.57. The van der Waals surface area contributed by atoms with Gasteiger partial charge in [0.1, 0.15) is 16.8 Å². The molecule has 3 rings (SSSR count). The Morgan fingerprint density at radius 1 is 1.03 bits per heavy atom. The molecule has 1 fully saturated rings. The van der Waals surface area contributed by atoms with Crippen LogP contribution in [0.2, 0.25) is 0 Å². The predicted molar refractivity (Wildman–Crippen MR) is 112 cm³/mol. The number of sulfonamides is 1. The summed E-state index contributed by atoms with van der Waals surface area (Å²) in [5.41, 5.74) is 0.859. The Morgan fingerprint density at radius 3 is 2.30 bits per heavy atom. The molecule has 2 heterocycles. The molecule has 1 saturated heterocycles. The van der Waals surface area contributed by atoms with Gasteiger partial charge >= 0.3 is 0 Å². The number of sulfone groups is 1. The highest BCUT2D eigenvalue weighted by molar-refractivity contribution is 7.92. The molecule has 10 heteroatoms. The monoisotopic (exact) mass is 454 g/mol. The van der Waals surface area contributed by atoms with Crippen LogP contribution in [0.3, 0.4) is 0 Å². The second-order valence-electron chi connectivity index (χ2n) is 7.42. The number of furan rings is 1. The third-order valence-corrected chi connectivity index (χ3v) is 8.96. The minimum atomic E-state index is -3.91. The SMILES string of the molecule is C[C@H](C(=O)N[C@H](C)c1ccccc1)S(=O)(=O)Cc1ccc(S(=O)(=O)N2CCCC2)o1. The second kappa shape index (κ2) is 8.91. The van der Waals surface area contributed by atoms with Crippen molar-refractivity contribution in [3.05, 3.63) is 53.8 Å². The molecule has 1 aliphatic heterocycles. The van der Waals surface area contributed by atoms with E-state index in [1.165, 1.54) is 23.4 Å². The summed E-state index contributed by atoms with van der Waals surface area (Å²) in [5.74, 6) is -1.19. The smallest absolute Gasteiger partial charge is 0.276 e. The maximum atomic E-state index is 12.7. The lowest BCUT2D eigenvalue weighted by Gasteiger charge is -2.18. The van der Waals surface area contributed by atoms with Crippen LogP contribution < -0.4 is 5.32 Å². The lowest BCUT2D eigenvalue weighted by atomic mass is 10.1. The maximum absolute atomic E-state index is 12.7. The average molecular weight is 455 g/mol. The lowest BCUT2D eigenvalue weighted by molar-refractivity contribution is -0.121. The number of carbonyl (C=O) groups excluding carboxylic acids is 1. The molecule has 2 atom stereocenters. The van der Waals surface area contributed by atoms with Crippen molar-refractivity contribution in [2.45, 2.75) is 48.8 Å². The van der Waals surface area contributed by atoms with Crippen molar-refractivity contribution in [3.8, 4) is 0 Å². The first kappa shape index (κ1) is 22.5. The van der Waals surface area contributed by atoms with Gasteiger partial charge in [0.15, 0.2) is 9.84 Å². The second-order valence-corrected chi connectivity index (χ2v) is 11.6. The largest absolute Gasteiger partial charge is 0.447 e. The predicted octanol–water partition coefficient (Wildman–Crippen LogP) is 2.24. The molecule has 0 saturated carbocycles. The zero-order valence-electron chi connectivity index (χ0n) is 16.9. The minimum absolute atomic E-state index is 0.0106. The lowest BCUT2D eigenvalue weighted by Crippen LogP contribution is -2.39. The Balaban J connectivity index is 1.67. The molecule has 1 amide bonds. The fourth-order valence-electron chi connectivity index (χ4n) is 3.27. The zero-order valence-corrected chi connectivity index (χ0v) is 18.6. The molecule has 0 unspecified atom stereocenters. The van der Waals surface area contributed by atoms with Crippen LogP contribution in [0.4, 0.5) is 0 Å². The molecule has 0 aliphatic carbocycles. The van der Waals surface area contributed by atoms with Crippen LogP contribution in [0, 0.1) is 0 Å². The van der Waals surface area contributed by atoms with Gasteiger partial charge in [-0.1, -0.05) is 30.3 Å². The first-order valence-corrected chi connectivity index (χ1v) is 12.9. The van der Waals surface area contributed by atoms with Gasteiger partial charge in [-0.15, -0.1) is 0 Å². The van der Waals surface area contributed by atoms with E-state index < -0.39 is 36.8 Å². The van der Waals surface area contributed by atoms with Gasteiger partial charge in [0.25, 0.3) is 10.0 Å². The maximum Gasteiger partial charge on any atom is 0.276 e. The van der Waals surface area contributed by atoms with E-state index in [1.807, 2.05) is 30.3 Å². The molecule has 8 nitrogen and oxygen atoms in total. The van der Waals surface area contributed by atoms with E-state index in [2.05, 4.69) is 5.32 Å². The minimum Gasteiger partial charge on any atom is -0.447 e. The van der Waals surface area contributed by atoms with Gasteiger partial charge in [-0.2, -0.15) is 4.31 Å². The van der Waals surface area contributed by atoms with Gasteiger partial charge in [0.05, 0.1) is 6.04 Å². The van der Waals surface area contributed by atoms with Crippen LogP contribution >= 0.6 is 0 Å². The highest BCUT2D eigenvalue weighted by atomic mass is 32.2. The van der Waals surface area contributed by atoms with Crippen molar-refractivity contribution >= 4 is 25.8 Å². The first-order chi connectivity index (χ1) is 14.1. The number of carbonyl (C=O) groups is 1. The quantitative estimate of drug-likeness (QED) is 0.654. The van der Waals surface area contributed by atoms with Crippen molar-refractivity contribution < 1.29 is 26.0 Å². The third kappa shape index (κ3) is 4.93. The zero-order chi connectivity index (χ0) is 21.9. The van der Waals surface area contributed by atoms with Crippen molar-refractivity contribution in [1.82, 2.24) is 9.62 Å². The van der Waals surface area contributed by atoms with E-state index in [-0.39, 0.29) is 16.9 Å². The fourth-order valence-corrected chi connectivity index (χ4v) is 5.91. The van der Waals surface area contributed by atoms with Gasteiger partial charge in [-0.05, 0) is 44.4 Å². The Labute approximate surface area is 177 Å². The molecule has 1 aliphatic rings. The number of rotatable bonds is 8. The Morgan fingerprint density at radius 2 is 1.67 bits per heavy atom. The topological polar surface area (TPSA) is 114 Å². The van der Waals surface area contributed by atoms with Gasteiger partial charge in [-0.3, -0.25) is 4.79 Å². The molecule has 164 valence electrons. The van der Waals surface area contributed by atoms with E-state index >= 15 is 0 Å². The van der Waals surface area contributed by atoms with Crippen molar-refractivity contribution in [1.29, 1.82) is 0 Å². The van der Waals surface area contributed by atoms with E-state index in [9.17, 15) is 21.6 Å². The van der Waals surface area contributed by atoms with Gasteiger partial charge in [0, 0.05) is 13.1 Å². The molecule has 1 aromatic carbocycles. The Kier molecular flexibility index (Phi) is 6.68. The van der Waals surface area contributed by atoms with Gasteiger partial charge in [0.2, 0.25) is 11.0 Å². The van der Waals surface area contributed by atoms with Crippen LogP contribution in [0.1, 0.15) is 44.1 Å². The molecular weight excluding hydrogens is 428 g/mol. The molecule has 0 bridgehead atoms. The first-order valence-electron chi connectivity index (χ1n) is 9.77.